The van der Waals surface area contributed by atoms with E-state index in [1.54, 1.807) is 6.07 Å². The van der Waals surface area contributed by atoms with E-state index in [9.17, 15) is 9.50 Å². The minimum Gasteiger partial charge on any atom is -0.496 e. The topological polar surface area (TPSA) is 47.9 Å². The fraction of sp³-hybridized carbons (Fsp3) is 0.571. The highest BCUT2D eigenvalue weighted by atomic mass is 19.1. The number of aliphatic hydroxyl groups is 1. The highest BCUT2D eigenvalue weighted by molar-refractivity contribution is 5.36. The number of ether oxygens (including phenoxy) is 3. The molecule has 19 heavy (non-hydrogen) atoms. The highest BCUT2D eigenvalue weighted by Gasteiger charge is 2.23. The summed E-state index contributed by atoms with van der Waals surface area (Å²) in [7, 11) is 1.47. The number of halogens is 1. The molecule has 1 N–H and O–H groups in total. The van der Waals surface area contributed by atoms with Crippen molar-refractivity contribution in [3.8, 4) is 5.75 Å². The van der Waals surface area contributed by atoms with E-state index in [4.69, 9.17) is 14.2 Å². The fourth-order valence-electron chi connectivity index (χ4n) is 2.21. The molecule has 1 aliphatic rings. The number of hydrogen-bond donors (Lipinski definition) is 1. The van der Waals surface area contributed by atoms with Crippen LogP contribution < -0.4 is 4.74 Å². The lowest BCUT2D eigenvalue weighted by Crippen LogP contribution is -2.26. The SMILES string of the molecule is COc1cc(F)ccc1C(CO)OC1CCOCC1. The van der Waals surface area contributed by atoms with E-state index in [0.717, 1.165) is 12.8 Å². The Labute approximate surface area is 112 Å². The van der Waals surface area contributed by atoms with Crippen LogP contribution in [0.1, 0.15) is 24.5 Å². The molecule has 1 atom stereocenters. The van der Waals surface area contributed by atoms with E-state index in [-0.39, 0.29) is 18.5 Å². The van der Waals surface area contributed by atoms with E-state index < -0.39 is 6.10 Å². The molecule has 5 heteroatoms. The average molecular weight is 270 g/mol. The largest absolute Gasteiger partial charge is 0.496 e. The second-order valence-corrected chi connectivity index (χ2v) is 4.51. The molecule has 106 valence electrons. The molecule has 0 saturated carbocycles. The maximum absolute atomic E-state index is 13.2. The van der Waals surface area contributed by atoms with Gasteiger partial charge in [0.2, 0.25) is 0 Å². The van der Waals surface area contributed by atoms with Gasteiger partial charge in [-0.15, -0.1) is 0 Å². The molecule has 1 unspecified atom stereocenters. The third kappa shape index (κ3) is 3.65. The molecule has 0 radical (unpaired) electrons. The number of rotatable bonds is 5. The maximum Gasteiger partial charge on any atom is 0.127 e. The first-order chi connectivity index (χ1) is 9.24. The molecule has 2 rings (SSSR count). The van der Waals surface area contributed by atoms with Crippen LogP contribution in [0.15, 0.2) is 18.2 Å². The van der Waals surface area contributed by atoms with Crippen LogP contribution in [0.3, 0.4) is 0 Å². The van der Waals surface area contributed by atoms with Gasteiger partial charge in [-0.2, -0.15) is 0 Å². The molecule has 1 aromatic carbocycles. The summed E-state index contributed by atoms with van der Waals surface area (Å²) in [4.78, 5) is 0. The minimum atomic E-state index is -0.501. The number of aliphatic hydroxyl groups excluding tert-OH is 1. The van der Waals surface area contributed by atoms with Crippen molar-refractivity contribution in [2.75, 3.05) is 26.9 Å². The van der Waals surface area contributed by atoms with Gasteiger partial charge in [0.15, 0.2) is 0 Å². The molecule has 0 spiro atoms. The molecule has 4 nitrogen and oxygen atoms in total. The lowest BCUT2D eigenvalue weighted by Gasteiger charge is -2.27. The van der Waals surface area contributed by atoms with Gasteiger partial charge in [0.25, 0.3) is 0 Å². The van der Waals surface area contributed by atoms with E-state index >= 15 is 0 Å². The number of benzene rings is 1. The summed E-state index contributed by atoms with van der Waals surface area (Å²) in [6, 6.07) is 4.23. The van der Waals surface area contributed by atoms with Crippen LogP contribution in [0, 0.1) is 5.82 Å². The second-order valence-electron chi connectivity index (χ2n) is 4.51. The van der Waals surface area contributed by atoms with Crippen LogP contribution >= 0.6 is 0 Å². The summed E-state index contributed by atoms with van der Waals surface area (Å²) in [5.41, 5.74) is 0.665. The van der Waals surface area contributed by atoms with Gasteiger partial charge in [-0.1, -0.05) is 0 Å². The molecule has 0 amide bonds. The van der Waals surface area contributed by atoms with Gasteiger partial charge in [0.1, 0.15) is 17.7 Å². The molecular formula is C14H19FO4. The highest BCUT2D eigenvalue weighted by Crippen LogP contribution is 2.30. The van der Waals surface area contributed by atoms with Gasteiger partial charge in [-0.25, -0.2) is 4.39 Å². The summed E-state index contributed by atoms with van der Waals surface area (Å²) < 4.78 is 29.4. The molecule has 1 aliphatic heterocycles. The zero-order valence-corrected chi connectivity index (χ0v) is 11.0. The Morgan fingerprint density at radius 2 is 2.16 bits per heavy atom. The van der Waals surface area contributed by atoms with E-state index in [0.29, 0.717) is 24.5 Å². The Balaban J connectivity index is 2.11. The molecule has 1 fully saturated rings. The van der Waals surface area contributed by atoms with Crippen molar-refractivity contribution in [3.63, 3.8) is 0 Å². The summed E-state index contributed by atoms with van der Waals surface area (Å²) in [6.45, 7) is 1.17. The monoisotopic (exact) mass is 270 g/mol. The molecule has 0 aromatic heterocycles. The van der Waals surface area contributed by atoms with Gasteiger partial charge in [-0.3, -0.25) is 0 Å². The van der Waals surface area contributed by atoms with Crippen LogP contribution in [0.25, 0.3) is 0 Å². The summed E-state index contributed by atoms with van der Waals surface area (Å²) in [5.74, 6) is 0.0227. The van der Waals surface area contributed by atoms with Gasteiger partial charge in [0, 0.05) is 24.8 Å². The summed E-state index contributed by atoms with van der Waals surface area (Å²) in [5, 5.41) is 9.49. The van der Waals surface area contributed by atoms with Crippen molar-refractivity contribution in [1.82, 2.24) is 0 Å². The average Bonchev–Trinajstić information content (AvgIpc) is 2.46. The third-order valence-electron chi connectivity index (χ3n) is 3.23. The Bertz CT molecular complexity index is 404. The Hall–Kier alpha value is -1.17. The van der Waals surface area contributed by atoms with Gasteiger partial charge in [-0.05, 0) is 25.0 Å². The summed E-state index contributed by atoms with van der Waals surface area (Å²) >= 11 is 0. The molecule has 1 saturated heterocycles. The van der Waals surface area contributed by atoms with E-state index in [1.807, 2.05) is 0 Å². The van der Waals surface area contributed by atoms with Crippen molar-refractivity contribution >= 4 is 0 Å². The van der Waals surface area contributed by atoms with Gasteiger partial charge >= 0.3 is 0 Å². The predicted molar refractivity (Wildman–Crippen MR) is 67.7 cm³/mol. The fourth-order valence-corrected chi connectivity index (χ4v) is 2.21. The van der Waals surface area contributed by atoms with Crippen LogP contribution in [0.5, 0.6) is 5.75 Å². The maximum atomic E-state index is 13.2. The van der Waals surface area contributed by atoms with Crippen molar-refractivity contribution in [2.45, 2.75) is 25.0 Å². The first-order valence-electron chi connectivity index (χ1n) is 6.42. The predicted octanol–water partition coefficient (Wildman–Crippen LogP) is 2.06. The molecule has 1 heterocycles. The van der Waals surface area contributed by atoms with Crippen LogP contribution in [-0.4, -0.2) is 38.1 Å². The lowest BCUT2D eigenvalue weighted by atomic mass is 10.1. The molecule has 0 aliphatic carbocycles. The Morgan fingerprint density at radius 1 is 1.42 bits per heavy atom. The summed E-state index contributed by atoms with van der Waals surface area (Å²) in [6.07, 6.45) is 1.17. The van der Waals surface area contributed by atoms with Crippen molar-refractivity contribution in [3.05, 3.63) is 29.6 Å². The molecule has 1 aromatic rings. The van der Waals surface area contributed by atoms with Crippen LogP contribution in [0.2, 0.25) is 0 Å². The van der Waals surface area contributed by atoms with Gasteiger partial charge in [0.05, 0.1) is 19.8 Å². The molecule has 0 bridgehead atoms. The first kappa shape index (κ1) is 14.2. The van der Waals surface area contributed by atoms with E-state index in [1.165, 1.54) is 19.2 Å². The Morgan fingerprint density at radius 3 is 2.79 bits per heavy atom. The van der Waals surface area contributed by atoms with Gasteiger partial charge < -0.3 is 19.3 Å². The van der Waals surface area contributed by atoms with E-state index in [2.05, 4.69) is 0 Å². The molecular weight excluding hydrogens is 251 g/mol. The lowest BCUT2D eigenvalue weighted by molar-refractivity contribution is -0.0853. The van der Waals surface area contributed by atoms with Crippen LogP contribution in [-0.2, 0) is 9.47 Å². The smallest absolute Gasteiger partial charge is 0.127 e. The van der Waals surface area contributed by atoms with Crippen LogP contribution in [0.4, 0.5) is 4.39 Å². The van der Waals surface area contributed by atoms with Crippen molar-refractivity contribution < 1.29 is 23.7 Å². The first-order valence-corrected chi connectivity index (χ1v) is 6.42. The Kier molecular flexibility index (Phi) is 5.13. The minimum absolute atomic E-state index is 0.0562. The standard InChI is InChI=1S/C14H19FO4/c1-17-13-8-10(15)2-3-12(13)14(9-16)19-11-4-6-18-7-5-11/h2-3,8,11,14,16H,4-7,9H2,1H3. The second kappa shape index (κ2) is 6.84. The van der Waals surface area contributed by atoms with Crippen molar-refractivity contribution in [1.29, 1.82) is 0 Å². The number of methoxy groups -OCH3 is 1. The normalized spacial score (nSPS) is 18.3. The van der Waals surface area contributed by atoms with Crippen molar-refractivity contribution in [2.24, 2.45) is 0 Å². The third-order valence-corrected chi connectivity index (χ3v) is 3.23. The zero-order valence-electron chi connectivity index (χ0n) is 11.0. The number of hydrogen-bond acceptors (Lipinski definition) is 4. The zero-order chi connectivity index (χ0) is 13.7. The quantitative estimate of drug-likeness (QED) is 0.889.